The van der Waals surface area contributed by atoms with Crippen molar-refractivity contribution < 1.29 is 9.53 Å². The van der Waals surface area contributed by atoms with Crippen molar-refractivity contribution in [3.8, 4) is 5.75 Å². The number of aromatic amines is 1. The fourth-order valence-corrected chi connectivity index (χ4v) is 3.26. The molecule has 0 bridgehead atoms. The number of carbonyl (C=O) groups is 1. The molecule has 152 valence electrons. The third-order valence-electron chi connectivity index (χ3n) is 4.90. The van der Waals surface area contributed by atoms with Crippen molar-refractivity contribution >= 4 is 22.9 Å². The van der Waals surface area contributed by atoms with Crippen LogP contribution in [0.25, 0.3) is 17.0 Å². The van der Waals surface area contributed by atoms with Crippen molar-refractivity contribution in [1.29, 1.82) is 0 Å². The monoisotopic (exact) mass is 391 g/mol. The molecule has 0 radical (unpaired) electrons. The molecule has 2 N–H and O–H groups in total. The van der Waals surface area contributed by atoms with Crippen LogP contribution in [0.1, 0.15) is 23.1 Å². The maximum absolute atomic E-state index is 12.2. The zero-order valence-electron chi connectivity index (χ0n) is 17.4. The number of aromatic nitrogens is 1. The van der Waals surface area contributed by atoms with Gasteiger partial charge in [-0.3, -0.25) is 4.79 Å². The smallest absolute Gasteiger partial charge is 0.244 e. The van der Waals surface area contributed by atoms with Crippen molar-refractivity contribution in [2.24, 2.45) is 0 Å². The average Bonchev–Trinajstić information content (AvgIpc) is 3.13. The van der Waals surface area contributed by atoms with E-state index in [-0.39, 0.29) is 5.91 Å². The van der Waals surface area contributed by atoms with Crippen LogP contribution in [-0.4, -0.2) is 43.5 Å². The Morgan fingerprint density at radius 2 is 1.97 bits per heavy atom. The summed E-state index contributed by atoms with van der Waals surface area (Å²) >= 11 is 0. The number of benzene rings is 2. The number of amides is 1. The van der Waals surface area contributed by atoms with Crippen molar-refractivity contribution in [2.45, 2.75) is 19.4 Å². The summed E-state index contributed by atoms with van der Waals surface area (Å²) < 4.78 is 5.14. The first-order chi connectivity index (χ1) is 14.0. The molecule has 29 heavy (non-hydrogen) atoms. The Morgan fingerprint density at radius 3 is 2.69 bits per heavy atom. The molecule has 0 spiro atoms. The number of fused-ring (bicyclic) bond motifs is 1. The van der Waals surface area contributed by atoms with Gasteiger partial charge in [0.05, 0.1) is 7.11 Å². The van der Waals surface area contributed by atoms with Gasteiger partial charge >= 0.3 is 0 Å². The van der Waals surface area contributed by atoms with Gasteiger partial charge in [0.2, 0.25) is 5.91 Å². The fourth-order valence-electron chi connectivity index (χ4n) is 3.26. The van der Waals surface area contributed by atoms with Gasteiger partial charge in [-0.05, 0) is 80.5 Å². The predicted octanol–water partition coefficient (Wildman–Crippen LogP) is 4.00. The van der Waals surface area contributed by atoms with Gasteiger partial charge < -0.3 is 19.9 Å². The highest BCUT2D eigenvalue weighted by Crippen LogP contribution is 2.22. The van der Waals surface area contributed by atoms with Gasteiger partial charge in [-0.1, -0.05) is 18.2 Å². The summed E-state index contributed by atoms with van der Waals surface area (Å²) in [5.74, 6) is 0.697. The summed E-state index contributed by atoms with van der Waals surface area (Å²) in [4.78, 5) is 17.7. The molecule has 3 rings (SSSR count). The van der Waals surface area contributed by atoms with Crippen LogP contribution in [-0.2, 0) is 17.8 Å². The maximum Gasteiger partial charge on any atom is 0.244 e. The van der Waals surface area contributed by atoms with Crippen molar-refractivity contribution in [2.75, 3.05) is 27.7 Å². The Kier molecular flexibility index (Phi) is 7.09. The summed E-state index contributed by atoms with van der Waals surface area (Å²) in [6, 6.07) is 13.9. The van der Waals surface area contributed by atoms with Crippen molar-refractivity contribution in [1.82, 2.24) is 15.2 Å². The molecule has 5 nitrogen and oxygen atoms in total. The number of methoxy groups -OCH3 is 1. The standard InChI is InChI=1S/C24H29N3O2/c1-27(2)14-4-5-20-17-25-23-12-8-18(15-22(20)23)9-13-24(28)26-16-19-6-10-21(29-3)11-7-19/h6-13,15,17,25H,4-5,14,16H2,1-3H3,(H,26,28). The van der Waals surface area contributed by atoms with Crippen LogP contribution in [0.5, 0.6) is 5.75 Å². The lowest BCUT2D eigenvalue weighted by Gasteiger charge is -2.08. The van der Waals surface area contributed by atoms with Crippen molar-refractivity contribution in [3.63, 3.8) is 0 Å². The number of nitrogens with one attached hydrogen (secondary N) is 2. The number of H-pyrrole nitrogens is 1. The van der Waals surface area contributed by atoms with Crippen molar-refractivity contribution in [3.05, 3.63) is 71.4 Å². The van der Waals surface area contributed by atoms with E-state index in [0.29, 0.717) is 6.54 Å². The summed E-state index contributed by atoms with van der Waals surface area (Å²) in [5, 5.41) is 4.14. The lowest BCUT2D eigenvalue weighted by Crippen LogP contribution is -2.20. The van der Waals surface area contributed by atoms with Crippen LogP contribution in [0.2, 0.25) is 0 Å². The van der Waals surface area contributed by atoms with Gasteiger partial charge in [-0.15, -0.1) is 0 Å². The first kappa shape index (κ1) is 20.7. The molecule has 0 aliphatic rings. The number of carbonyl (C=O) groups excluding carboxylic acids is 1. The lowest BCUT2D eigenvalue weighted by atomic mass is 10.1. The molecule has 0 unspecified atom stereocenters. The molecule has 1 heterocycles. The molecular formula is C24H29N3O2. The molecule has 1 aromatic heterocycles. The largest absolute Gasteiger partial charge is 0.497 e. The second-order valence-corrected chi connectivity index (χ2v) is 7.42. The van der Waals surface area contributed by atoms with E-state index in [0.717, 1.165) is 41.8 Å². The third kappa shape index (κ3) is 5.96. The van der Waals surface area contributed by atoms with E-state index in [1.165, 1.54) is 10.9 Å². The van der Waals surface area contributed by atoms with E-state index in [2.05, 4.69) is 47.6 Å². The summed E-state index contributed by atoms with van der Waals surface area (Å²) in [6.45, 7) is 1.56. The number of aryl methyl sites for hydroxylation is 1. The van der Waals surface area contributed by atoms with Gasteiger partial charge in [0.1, 0.15) is 5.75 Å². The zero-order valence-corrected chi connectivity index (χ0v) is 17.4. The van der Waals surface area contributed by atoms with Gasteiger partial charge in [0.25, 0.3) is 0 Å². The molecule has 0 aliphatic carbocycles. The number of hydrogen-bond donors (Lipinski definition) is 2. The molecule has 2 aromatic carbocycles. The van der Waals surface area contributed by atoms with E-state index in [4.69, 9.17) is 4.74 Å². The Morgan fingerprint density at radius 1 is 1.17 bits per heavy atom. The summed E-state index contributed by atoms with van der Waals surface area (Å²) in [5.41, 5.74) is 4.50. The summed E-state index contributed by atoms with van der Waals surface area (Å²) in [6.07, 6.45) is 7.69. The number of ether oxygens (including phenoxy) is 1. The van der Waals surface area contributed by atoms with Gasteiger partial charge in [0.15, 0.2) is 0 Å². The van der Waals surface area contributed by atoms with E-state index in [1.807, 2.05) is 36.4 Å². The van der Waals surface area contributed by atoms with Crippen LogP contribution in [0.4, 0.5) is 0 Å². The molecule has 5 heteroatoms. The van der Waals surface area contributed by atoms with Crippen LogP contribution >= 0.6 is 0 Å². The first-order valence-electron chi connectivity index (χ1n) is 9.89. The average molecular weight is 392 g/mol. The predicted molar refractivity (Wildman–Crippen MR) is 119 cm³/mol. The fraction of sp³-hybridized carbons (Fsp3) is 0.292. The number of rotatable bonds is 9. The second-order valence-electron chi connectivity index (χ2n) is 7.42. The Hall–Kier alpha value is -3.05. The Labute approximate surface area is 172 Å². The molecule has 0 aliphatic heterocycles. The highest BCUT2D eigenvalue weighted by Gasteiger charge is 2.05. The van der Waals surface area contributed by atoms with Gasteiger partial charge in [0, 0.05) is 29.7 Å². The van der Waals surface area contributed by atoms with Crippen LogP contribution < -0.4 is 10.1 Å². The molecule has 1 amide bonds. The minimum absolute atomic E-state index is 0.110. The number of nitrogens with zero attached hydrogens (tertiary/aromatic N) is 1. The Balaban J connectivity index is 1.59. The van der Waals surface area contributed by atoms with Crippen LogP contribution in [0, 0.1) is 0 Å². The van der Waals surface area contributed by atoms with E-state index >= 15 is 0 Å². The summed E-state index contributed by atoms with van der Waals surface area (Å²) in [7, 11) is 5.83. The van der Waals surface area contributed by atoms with Gasteiger partial charge in [-0.25, -0.2) is 0 Å². The minimum atomic E-state index is -0.110. The highest BCUT2D eigenvalue weighted by molar-refractivity contribution is 5.93. The molecule has 0 fully saturated rings. The minimum Gasteiger partial charge on any atom is -0.497 e. The quantitative estimate of drug-likeness (QED) is 0.542. The topological polar surface area (TPSA) is 57.4 Å². The number of hydrogen-bond acceptors (Lipinski definition) is 3. The van der Waals surface area contributed by atoms with Crippen LogP contribution in [0.3, 0.4) is 0 Å². The van der Waals surface area contributed by atoms with E-state index in [9.17, 15) is 4.79 Å². The molecule has 0 saturated heterocycles. The maximum atomic E-state index is 12.2. The second kappa shape index (κ2) is 9.94. The van der Waals surface area contributed by atoms with Gasteiger partial charge in [-0.2, -0.15) is 0 Å². The molecule has 0 atom stereocenters. The lowest BCUT2D eigenvalue weighted by molar-refractivity contribution is -0.116. The molecule has 3 aromatic rings. The normalized spacial score (nSPS) is 11.4. The van der Waals surface area contributed by atoms with E-state index in [1.54, 1.807) is 13.2 Å². The highest BCUT2D eigenvalue weighted by atomic mass is 16.5. The third-order valence-corrected chi connectivity index (χ3v) is 4.90. The Bertz CT molecular complexity index is 971. The first-order valence-corrected chi connectivity index (χ1v) is 9.89. The molecule has 0 saturated carbocycles. The van der Waals surface area contributed by atoms with Crippen LogP contribution in [0.15, 0.2) is 54.7 Å². The molecular weight excluding hydrogens is 362 g/mol. The van der Waals surface area contributed by atoms with E-state index < -0.39 is 0 Å². The zero-order chi connectivity index (χ0) is 20.6. The SMILES string of the molecule is COc1ccc(CNC(=O)C=Cc2ccc3[nH]cc(CCCN(C)C)c3c2)cc1.